The van der Waals surface area contributed by atoms with Gasteiger partial charge in [0.05, 0.1) is 16.9 Å². The molecule has 0 saturated heterocycles. The molecule has 7 nitrogen and oxygen atoms in total. The maximum Gasteiger partial charge on any atom is 0.344 e. The van der Waals surface area contributed by atoms with E-state index in [1.54, 1.807) is 36.8 Å². The second-order valence-electron chi connectivity index (χ2n) is 7.28. The molecule has 2 aromatic carbocycles. The van der Waals surface area contributed by atoms with Crippen LogP contribution in [0, 0.1) is 6.92 Å². The Bertz CT molecular complexity index is 1240. The van der Waals surface area contributed by atoms with Crippen molar-refractivity contribution in [2.24, 2.45) is 4.36 Å². The van der Waals surface area contributed by atoms with Crippen molar-refractivity contribution in [3.05, 3.63) is 58.5 Å². The average Bonchev–Trinajstić information content (AvgIpc) is 2.62. The van der Waals surface area contributed by atoms with E-state index < -0.39 is 21.8 Å². The molecule has 1 N–H and O–H groups in total. The van der Waals surface area contributed by atoms with Gasteiger partial charge in [-0.15, -0.1) is 0 Å². The van der Waals surface area contributed by atoms with Gasteiger partial charge in [-0.3, -0.25) is 0 Å². The first kappa shape index (κ1) is 22.0. The van der Waals surface area contributed by atoms with Crippen molar-refractivity contribution >= 4 is 43.9 Å². The minimum absolute atomic E-state index is 0.394. The van der Waals surface area contributed by atoms with Gasteiger partial charge in [-0.1, -0.05) is 17.7 Å². The molecule has 0 amide bonds. The summed E-state index contributed by atoms with van der Waals surface area (Å²) < 4.78 is 21.9. The van der Waals surface area contributed by atoms with Crippen LogP contribution in [-0.4, -0.2) is 43.9 Å². The Balaban J connectivity index is 2.07. The Morgan fingerprint density at radius 3 is 2.67 bits per heavy atom. The van der Waals surface area contributed by atoms with Crippen molar-refractivity contribution in [2.75, 3.05) is 12.5 Å². The molecule has 9 heteroatoms. The van der Waals surface area contributed by atoms with Crippen molar-refractivity contribution in [2.45, 2.75) is 26.4 Å². The normalized spacial score (nSPS) is 12.6. The third kappa shape index (κ3) is 5.25. The zero-order valence-electron chi connectivity index (χ0n) is 17.0. The van der Waals surface area contributed by atoms with Crippen LogP contribution in [0.25, 0.3) is 10.9 Å². The molecule has 0 spiro atoms. The molecular weight excluding hydrogens is 426 g/mol. The summed E-state index contributed by atoms with van der Waals surface area (Å²) in [5, 5.41) is 10.5. The van der Waals surface area contributed by atoms with Crippen LogP contribution in [0.2, 0.25) is 5.02 Å². The van der Waals surface area contributed by atoms with E-state index in [4.69, 9.17) is 21.4 Å². The average molecular weight is 448 g/mol. The van der Waals surface area contributed by atoms with E-state index in [0.29, 0.717) is 28.4 Å². The number of aliphatic carboxylic acids is 1. The fraction of sp³-hybridized carbons (Fsp3) is 0.286. The third-order valence-electron chi connectivity index (χ3n) is 4.36. The van der Waals surface area contributed by atoms with Crippen LogP contribution in [0.3, 0.4) is 0 Å². The van der Waals surface area contributed by atoms with Crippen molar-refractivity contribution < 1.29 is 18.8 Å². The summed E-state index contributed by atoms with van der Waals surface area (Å²) >= 11 is 6.09. The fourth-order valence-corrected chi connectivity index (χ4v) is 3.87. The monoisotopic (exact) mass is 447 g/mol. The number of fused-ring (bicyclic) bond motifs is 1. The minimum atomic E-state index is -2.29. The predicted octanol–water partition coefficient (Wildman–Crippen LogP) is 4.39. The molecule has 0 aliphatic heterocycles. The Morgan fingerprint density at radius 1 is 1.27 bits per heavy atom. The fourth-order valence-electron chi connectivity index (χ4n) is 3.10. The molecule has 0 aliphatic carbocycles. The lowest BCUT2D eigenvalue weighted by Crippen LogP contribution is -2.23. The smallest absolute Gasteiger partial charge is 0.344 e. The number of nitrogens with zero attached hydrogens (tertiary/aromatic N) is 3. The largest absolute Gasteiger partial charge is 0.479 e. The third-order valence-corrected chi connectivity index (χ3v) is 5.25. The number of hydrogen-bond donors (Lipinski definition) is 1. The van der Waals surface area contributed by atoms with Crippen LogP contribution in [0.15, 0.2) is 41.0 Å². The highest BCUT2D eigenvalue weighted by molar-refractivity contribution is 7.92. The predicted molar refractivity (Wildman–Crippen MR) is 118 cm³/mol. The summed E-state index contributed by atoms with van der Waals surface area (Å²) in [6, 6.07) is 8.76. The Kier molecular flexibility index (Phi) is 6.28. The van der Waals surface area contributed by atoms with E-state index in [-0.39, 0.29) is 0 Å². The standard InChI is InChI=1S/C21H22ClN3O4S/c1-12-7-16(25-30(3,4)28)10-18-20(12)17(23-11-24-18)8-14-5-6-15(22)9-19(14)29-13(2)21(26)27/h5-7,9-11,13H,8H2,1-4H3,(H,26,27)/t13-/m1/s1. The van der Waals surface area contributed by atoms with Crippen LogP contribution < -0.4 is 4.74 Å². The van der Waals surface area contributed by atoms with Crippen molar-refractivity contribution in [1.82, 2.24) is 9.97 Å². The molecule has 3 rings (SSSR count). The molecule has 3 aromatic rings. The van der Waals surface area contributed by atoms with Crippen molar-refractivity contribution in [1.29, 1.82) is 0 Å². The van der Waals surface area contributed by atoms with Gasteiger partial charge in [0.2, 0.25) is 0 Å². The number of carboxylic acid groups (broad SMARTS) is 1. The molecule has 1 atom stereocenters. The number of ether oxygens (including phenoxy) is 1. The highest BCUT2D eigenvalue weighted by Gasteiger charge is 2.17. The quantitative estimate of drug-likeness (QED) is 0.601. The molecule has 158 valence electrons. The molecule has 0 saturated carbocycles. The second kappa shape index (κ2) is 8.57. The highest BCUT2D eigenvalue weighted by Crippen LogP contribution is 2.31. The van der Waals surface area contributed by atoms with Gasteiger partial charge in [0.15, 0.2) is 6.10 Å². The zero-order chi connectivity index (χ0) is 22.1. The van der Waals surface area contributed by atoms with E-state index in [1.165, 1.54) is 13.3 Å². The molecule has 30 heavy (non-hydrogen) atoms. The first-order valence-corrected chi connectivity index (χ1v) is 11.8. The van der Waals surface area contributed by atoms with E-state index in [0.717, 1.165) is 22.2 Å². The Labute approximate surface area is 180 Å². The summed E-state index contributed by atoms with van der Waals surface area (Å²) in [5.41, 5.74) is 3.71. The molecule has 1 aromatic heterocycles. The number of aromatic nitrogens is 2. The van der Waals surface area contributed by atoms with E-state index in [2.05, 4.69) is 14.3 Å². The first-order valence-electron chi connectivity index (χ1n) is 9.13. The molecular formula is C21H22ClN3O4S. The van der Waals surface area contributed by atoms with Gasteiger partial charge in [0, 0.05) is 44.6 Å². The number of carbonyl (C=O) groups is 1. The molecule has 0 aliphatic rings. The van der Waals surface area contributed by atoms with Gasteiger partial charge in [-0.2, -0.15) is 4.36 Å². The summed E-state index contributed by atoms with van der Waals surface area (Å²) in [4.78, 5) is 20.0. The van der Waals surface area contributed by atoms with Gasteiger partial charge >= 0.3 is 5.97 Å². The number of rotatable bonds is 6. The Morgan fingerprint density at radius 2 is 2.00 bits per heavy atom. The highest BCUT2D eigenvalue weighted by atomic mass is 35.5. The molecule has 0 radical (unpaired) electrons. The van der Waals surface area contributed by atoms with Crippen LogP contribution >= 0.6 is 11.6 Å². The van der Waals surface area contributed by atoms with Gasteiger partial charge in [-0.25, -0.2) is 19.0 Å². The topological polar surface area (TPSA) is 102 Å². The van der Waals surface area contributed by atoms with Gasteiger partial charge < -0.3 is 9.84 Å². The van der Waals surface area contributed by atoms with Crippen LogP contribution in [0.5, 0.6) is 5.75 Å². The van der Waals surface area contributed by atoms with E-state index in [1.807, 2.05) is 13.0 Å². The molecule has 0 bridgehead atoms. The lowest BCUT2D eigenvalue weighted by Gasteiger charge is -2.16. The zero-order valence-corrected chi connectivity index (χ0v) is 18.6. The summed E-state index contributed by atoms with van der Waals surface area (Å²) in [6.45, 7) is 3.38. The van der Waals surface area contributed by atoms with Gasteiger partial charge in [-0.05, 0) is 43.7 Å². The number of carboxylic acids is 1. The van der Waals surface area contributed by atoms with Gasteiger partial charge in [0.25, 0.3) is 0 Å². The van der Waals surface area contributed by atoms with Gasteiger partial charge in [0.1, 0.15) is 12.1 Å². The molecule has 0 unspecified atom stereocenters. The van der Waals surface area contributed by atoms with E-state index >= 15 is 0 Å². The Hall–Kier alpha value is -2.71. The number of aryl methyl sites for hydroxylation is 1. The number of benzene rings is 2. The van der Waals surface area contributed by atoms with Crippen molar-refractivity contribution in [3.63, 3.8) is 0 Å². The second-order valence-corrected chi connectivity index (χ2v) is 10.3. The number of hydrogen-bond acceptors (Lipinski definition) is 6. The van der Waals surface area contributed by atoms with Crippen LogP contribution in [0.4, 0.5) is 5.69 Å². The SMILES string of the molecule is Cc1cc(N=S(C)(C)=O)cc2ncnc(Cc3ccc(Cl)cc3O[C@H](C)C(=O)O)c12. The van der Waals surface area contributed by atoms with Crippen molar-refractivity contribution in [3.8, 4) is 5.75 Å². The maximum absolute atomic E-state index is 12.0. The number of halogens is 1. The van der Waals surface area contributed by atoms with Crippen LogP contribution in [-0.2, 0) is 20.9 Å². The minimum Gasteiger partial charge on any atom is -0.479 e. The molecule has 0 fully saturated rings. The lowest BCUT2D eigenvalue weighted by molar-refractivity contribution is -0.144. The maximum atomic E-state index is 12.0. The first-order chi connectivity index (χ1) is 14.0. The summed E-state index contributed by atoms with van der Waals surface area (Å²) in [5.74, 6) is -0.672. The lowest BCUT2D eigenvalue weighted by atomic mass is 10.0. The van der Waals surface area contributed by atoms with Crippen LogP contribution in [0.1, 0.15) is 23.7 Å². The summed E-state index contributed by atoms with van der Waals surface area (Å²) in [7, 11) is -2.29. The summed E-state index contributed by atoms with van der Waals surface area (Å²) in [6.07, 6.45) is 4.00. The van der Waals surface area contributed by atoms with E-state index in [9.17, 15) is 9.00 Å². The molecule has 1 heterocycles.